The van der Waals surface area contributed by atoms with Crippen LogP contribution < -0.4 is 5.73 Å². The molecule has 0 aromatic heterocycles. The van der Waals surface area contributed by atoms with E-state index in [2.05, 4.69) is 25.5 Å². The van der Waals surface area contributed by atoms with E-state index in [9.17, 15) is 4.79 Å². The fraction of sp³-hybridized carbons (Fsp3) is 0.875. The summed E-state index contributed by atoms with van der Waals surface area (Å²) in [5, 5.41) is 0. The molecule has 0 aliphatic rings. The van der Waals surface area contributed by atoms with Crippen molar-refractivity contribution in [1.82, 2.24) is 0 Å². The molecular weight excluding hydrogens is 242 g/mol. The Morgan fingerprint density at radius 1 is 1.50 bits per heavy atom. The molecular formula is C8H18ClNO2S2. The summed E-state index contributed by atoms with van der Waals surface area (Å²) in [5.74, 6) is 0.247. The van der Waals surface area contributed by atoms with E-state index in [1.807, 2.05) is 0 Å². The molecule has 0 bridgehead atoms. The molecule has 1 unspecified atom stereocenters. The van der Waals surface area contributed by atoms with Crippen molar-refractivity contribution in [3.63, 3.8) is 0 Å². The van der Waals surface area contributed by atoms with Crippen LogP contribution in [0.3, 0.4) is 0 Å². The summed E-state index contributed by atoms with van der Waals surface area (Å²) in [6, 6.07) is -0.509. The molecule has 0 spiro atoms. The largest absolute Gasteiger partial charge is 0.468 e. The Hall–Kier alpha value is 0.420. The van der Waals surface area contributed by atoms with Gasteiger partial charge in [0.15, 0.2) is 0 Å². The zero-order chi connectivity index (χ0) is 10.5. The van der Waals surface area contributed by atoms with Crippen LogP contribution in [0.2, 0.25) is 0 Å². The third kappa shape index (κ3) is 8.99. The molecule has 0 heterocycles. The van der Waals surface area contributed by atoms with E-state index >= 15 is 0 Å². The molecule has 0 saturated heterocycles. The van der Waals surface area contributed by atoms with Gasteiger partial charge in [0.1, 0.15) is 6.04 Å². The van der Waals surface area contributed by atoms with Gasteiger partial charge in [-0.25, -0.2) is 0 Å². The Labute approximate surface area is 99.7 Å². The van der Waals surface area contributed by atoms with Crippen molar-refractivity contribution in [2.24, 2.45) is 5.73 Å². The number of carbonyl (C=O) groups excluding carboxylic acids is 1. The highest BCUT2D eigenvalue weighted by atomic mass is 35.5. The normalized spacial score (nSPS) is 12.9. The minimum Gasteiger partial charge on any atom is -0.468 e. The summed E-state index contributed by atoms with van der Waals surface area (Å²) in [6.07, 6.45) is 0. The average molecular weight is 260 g/mol. The summed E-state index contributed by atoms with van der Waals surface area (Å²) >= 11 is 0. The Kier molecular flexibility index (Phi) is 9.23. The van der Waals surface area contributed by atoms with E-state index in [1.54, 1.807) is 21.6 Å². The van der Waals surface area contributed by atoms with Crippen molar-refractivity contribution < 1.29 is 9.53 Å². The first-order valence-corrected chi connectivity index (χ1v) is 6.33. The zero-order valence-electron chi connectivity index (χ0n) is 8.90. The van der Waals surface area contributed by atoms with E-state index in [0.717, 1.165) is 0 Å². The van der Waals surface area contributed by atoms with Gasteiger partial charge in [-0.2, -0.15) is 0 Å². The van der Waals surface area contributed by atoms with Gasteiger partial charge in [0.2, 0.25) is 0 Å². The van der Waals surface area contributed by atoms with Crippen molar-refractivity contribution in [3.8, 4) is 0 Å². The highest BCUT2D eigenvalue weighted by Gasteiger charge is 2.16. The van der Waals surface area contributed by atoms with Gasteiger partial charge in [-0.05, 0) is 0 Å². The number of esters is 1. The molecule has 0 radical (unpaired) electrons. The highest BCUT2D eigenvalue weighted by molar-refractivity contribution is 8.77. The molecule has 86 valence electrons. The lowest BCUT2D eigenvalue weighted by atomic mass is 10.3. The number of carbonyl (C=O) groups is 1. The second-order valence-corrected chi connectivity index (χ2v) is 6.78. The first-order valence-electron chi connectivity index (χ1n) is 4.01. The summed E-state index contributed by atoms with van der Waals surface area (Å²) in [7, 11) is 4.67. The second kappa shape index (κ2) is 7.68. The Morgan fingerprint density at radius 2 is 2.00 bits per heavy atom. The molecule has 0 rings (SSSR count). The monoisotopic (exact) mass is 259 g/mol. The summed E-state index contributed by atoms with van der Waals surface area (Å²) in [5.41, 5.74) is 5.55. The van der Waals surface area contributed by atoms with Crippen LogP contribution in [-0.2, 0) is 9.53 Å². The first-order chi connectivity index (χ1) is 5.87. The third-order valence-corrected chi connectivity index (χ3v) is 4.44. The lowest BCUT2D eigenvalue weighted by molar-refractivity contribution is -0.141. The van der Waals surface area contributed by atoms with Crippen LogP contribution in [0.4, 0.5) is 0 Å². The molecule has 0 aliphatic carbocycles. The fourth-order valence-electron chi connectivity index (χ4n) is 0.504. The third-order valence-electron chi connectivity index (χ3n) is 1.06. The Morgan fingerprint density at radius 3 is 2.36 bits per heavy atom. The molecule has 3 nitrogen and oxygen atoms in total. The first kappa shape index (κ1) is 16.8. The molecule has 14 heavy (non-hydrogen) atoms. The number of hydrogen-bond donors (Lipinski definition) is 1. The van der Waals surface area contributed by atoms with Gasteiger partial charge < -0.3 is 10.5 Å². The lowest BCUT2D eigenvalue weighted by Gasteiger charge is -2.17. The molecule has 0 saturated carbocycles. The van der Waals surface area contributed by atoms with Gasteiger partial charge >= 0.3 is 5.97 Å². The smallest absolute Gasteiger partial charge is 0.323 e. The number of rotatable bonds is 4. The average Bonchev–Trinajstić information content (AvgIpc) is 2.00. The van der Waals surface area contributed by atoms with Gasteiger partial charge in [0.05, 0.1) is 7.11 Å². The standard InChI is InChI=1S/C8H17NO2S2.ClH/c1-8(2,3)13-12-5-6(9)7(10)11-4;/h6H,5,9H2,1-4H3;1H. The molecule has 0 aromatic rings. The van der Waals surface area contributed by atoms with Crippen molar-refractivity contribution >= 4 is 40.0 Å². The maximum Gasteiger partial charge on any atom is 0.323 e. The predicted molar refractivity (Wildman–Crippen MR) is 67.0 cm³/mol. The van der Waals surface area contributed by atoms with Gasteiger partial charge in [0.25, 0.3) is 0 Å². The second-order valence-electron chi connectivity index (χ2n) is 3.61. The van der Waals surface area contributed by atoms with Crippen LogP contribution in [0, 0.1) is 0 Å². The highest BCUT2D eigenvalue weighted by Crippen LogP contribution is 2.35. The van der Waals surface area contributed by atoms with E-state index in [-0.39, 0.29) is 23.1 Å². The maximum absolute atomic E-state index is 10.9. The van der Waals surface area contributed by atoms with Crippen molar-refractivity contribution in [3.05, 3.63) is 0 Å². The number of nitrogens with two attached hydrogens (primary N) is 1. The van der Waals surface area contributed by atoms with E-state index < -0.39 is 6.04 Å². The van der Waals surface area contributed by atoms with Crippen LogP contribution in [-0.4, -0.2) is 29.6 Å². The lowest BCUT2D eigenvalue weighted by Crippen LogP contribution is -2.33. The maximum atomic E-state index is 10.9. The quantitative estimate of drug-likeness (QED) is 0.619. The number of hydrogen-bond acceptors (Lipinski definition) is 5. The molecule has 0 aliphatic heterocycles. The number of methoxy groups -OCH3 is 1. The Bertz CT molecular complexity index is 173. The van der Waals surface area contributed by atoms with Crippen LogP contribution in [0.15, 0.2) is 0 Å². The molecule has 0 fully saturated rings. The number of ether oxygens (including phenoxy) is 1. The predicted octanol–water partition coefficient (Wildman–Crippen LogP) is 2.09. The van der Waals surface area contributed by atoms with Crippen LogP contribution >= 0.6 is 34.0 Å². The van der Waals surface area contributed by atoms with Gasteiger partial charge in [-0.1, -0.05) is 42.4 Å². The summed E-state index contributed by atoms with van der Waals surface area (Å²) < 4.78 is 4.70. The van der Waals surface area contributed by atoms with E-state index in [1.165, 1.54) is 7.11 Å². The van der Waals surface area contributed by atoms with Crippen molar-refractivity contribution in [1.29, 1.82) is 0 Å². The van der Waals surface area contributed by atoms with Crippen LogP contribution in [0.1, 0.15) is 20.8 Å². The van der Waals surface area contributed by atoms with Gasteiger partial charge in [-0.3, -0.25) is 4.79 Å². The Balaban J connectivity index is 0. The summed E-state index contributed by atoms with van der Waals surface area (Å²) in [4.78, 5) is 10.9. The molecule has 2 N–H and O–H groups in total. The minimum atomic E-state index is -0.509. The molecule has 1 atom stereocenters. The summed E-state index contributed by atoms with van der Waals surface area (Å²) in [6.45, 7) is 6.36. The van der Waals surface area contributed by atoms with E-state index in [4.69, 9.17) is 5.73 Å². The fourth-order valence-corrected chi connectivity index (χ4v) is 2.91. The SMILES string of the molecule is COC(=O)C(N)CSSC(C)(C)C.Cl. The topological polar surface area (TPSA) is 52.3 Å². The van der Waals surface area contributed by atoms with Crippen molar-refractivity contribution in [2.45, 2.75) is 31.6 Å². The minimum absolute atomic E-state index is 0. The molecule has 0 amide bonds. The number of halogens is 1. The molecule has 6 heteroatoms. The van der Waals surface area contributed by atoms with Gasteiger partial charge in [-0.15, -0.1) is 12.4 Å². The zero-order valence-corrected chi connectivity index (χ0v) is 11.4. The van der Waals surface area contributed by atoms with Crippen LogP contribution in [0.25, 0.3) is 0 Å². The van der Waals surface area contributed by atoms with Crippen molar-refractivity contribution in [2.75, 3.05) is 12.9 Å². The van der Waals surface area contributed by atoms with Crippen LogP contribution in [0.5, 0.6) is 0 Å². The molecule has 0 aromatic carbocycles. The van der Waals surface area contributed by atoms with Gasteiger partial charge in [0, 0.05) is 10.5 Å². The van der Waals surface area contributed by atoms with E-state index in [0.29, 0.717) is 5.75 Å².